The predicted molar refractivity (Wildman–Crippen MR) is 125 cm³/mol. The number of morpholine rings is 1. The minimum Gasteiger partial charge on any atom is -0.376 e. The molecule has 1 aromatic carbocycles. The van der Waals surface area contributed by atoms with Crippen LogP contribution in [0.15, 0.2) is 30.3 Å². The summed E-state index contributed by atoms with van der Waals surface area (Å²) in [5.41, 5.74) is 1.33. The van der Waals surface area contributed by atoms with Crippen molar-refractivity contribution in [2.45, 2.75) is 84.8 Å². The van der Waals surface area contributed by atoms with Gasteiger partial charge in [-0.3, -0.25) is 4.90 Å². The molecule has 1 heterocycles. The van der Waals surface area contributed by atoms with E-state index in [4.69, 9.17) is 9.47 Å². The van der Waals surface area contributed by atoms with Crippen LogP contribution in [0.2, 0.25) is 0 Å². The van der Waals surface area contributed by atoms with E-state index >= 15 is 0 Å². The quantitative estimate of drug-likeness (QED) is 0.631. The molecule has 0 amide bonds. The lowest BCUT2D eigenvalue weighted by atomic mass is 9.75. The van der Waals surface area contributed by atoms with Gasteiger partial charge in [0.2, 0.25) is 0 Å². The molecule has 1 N–H and O–H groups in total. The molecular weight excluding hydrogens is 372 g/mol. The Balaban J connectivity index is 1.60. The molecule has 1 aliphatic carbocycles. The van der Waals surface area contributed by atoms with Gasteiger partial charge in [-0.15, -0.1) is 0 Å². The Bertz CT molecular complexity index is 598. The van der Waals surface area contributed by atoms with Crippen LogP contribution >= 0.6 is 0 Å². The molecule has 2 aliphatic rings. The Hall–Kier alpha value is -0.940. The van der Waals surface area contributed by atoms with Gasteiger partial charge in [-0.1, -0.05) is 57.5 Å². The van der Waals surface area contributed by atoms with Gasteiger partial charge in [0.25, 0.3) is 0 Å². The van der Waals surface area contributed by atoms with Crippen LogP contribution in [0.3, 0.4) is 0 Å². The van der Waals surface area contributed by atoms with Gasteiger partial charge in [0, 0.05) is 32.2 Å². The topological polar surface area (TPSA) is 33.7 Å². The number of rotatable bonds is 9. The van der Waals surface area contributed by atoms with E-state index in [1.54, 1.807) is 0 Å². The first-order valence-corrected chi connectivity index (χ1v) is 12.2. The summed E-state index contributed by atoms with van der Waals surface area (Å²) in [7, 11) is 0. The predicted octanol–water partition coefficient (Wildman–Crippen LogP) is 4.73. The van der Waals surface area contributed by atoms with Crippen molar-refractivity contribution in [3.8, 4) is 0 Å². The van der Waals surface area contributed by atoms with Crippen molar-refractivity contribution >= 4 is 0 Å². The van der Waals surface area contributed by atoms with Gasteiger partial charge in [0.15, 0.2) is 0 Å². The minimum absolute atomic E-state index is 0.300. The van der Waals surface area contributed by atoms with Gasteiger partial charge < -0.3 is 14.8 Å². The highest BCUT2D eigenvalue weighted by molar-refractivity contribution is 5.14. The number of nitrogens with one attached hydrogen (secondary N) is 1. The van der Waals surface area contributed by atoms with Crippen molar-refractivity contribution in [2.75, 3.05) is 26.2 Å². The second-order valence-electron chi connectivity index (χ2n) is 10.2. The summed E-state index contributed by atoms with van der Waals surface area (Å²) in [6.07, 6.45) is 4.87. The fourth-order valence-electron chi connectivity index (χ4n) is 5.33. The van der Waals surface area contributed by atoms with Crippen molar-refractivity contribution in [3.63, 3.8) is 0 Å². The second-order valence-corrected chi connectivity index (χ2v) is 10.2. The number of hydrogen-bond donors (Lipinski definition) is 1. The van der Waals surface area contributed by atoms with Crippen molar-refractivity contribution < 1.29 is 9.47 Å². The molecule has 1 aliphatic heterocycles. The maximum absolute atomic E-state index is 6.65. The van der Waals surface area contributed by atoms with Gasteiger partial charge in [-0.25, -0.2) is 0 Å². The smallest absolute Gasteiger partial charge is 0.0678 e. The van der Waals surface area contributed by atoms with Crippen LogP contribution in [0.4, 0.5) is 0 Å². The van der Waals surface area contributed by atoms with Gasteiger partial charge in [0.1, 0.15) is 0 Å². The maximum atomic E-state index is 6.65. The van der Waals surface area contributed by atoms with Crippen molar-refractivity contribution in [3.05, 3.63) is 35.9 Å². The molecule has 0 bridgehead atoms. The zero-order valence-electron chi connectivity index (χ0n) is 19.8. The molecule has 30 heavy (non-hydrogen) atoms. The largest absolute Gasteiger partial charge is 0.376 e. The van der Waals surface area contributed by atoms with Crippen LogP contribution in [0.5, 0.6) is 0 Å². The molecule has 2 fully saturated rings. The van der Waals surface area contributed by atoms with Crippen molar-refractivity contribution in [1.29, 1.82) is 0 Å². The summed E-state index contributed by atoms with van der Waals surface area (Å²) in [6, 6.07) is 11.0. The van der Waals surface area contributed by atoms with E-state index in [9.17, 15) is 0 Å². The second kappa shape index (κ2) is 11.6. The summed E-state index contributed by atoms with van der Waals surface area (Å²) in [4.78, 5) is 2.55. The number of nitrogens with zero attached hydrogens (tertiary/aromatic N) is 1. The van der Waals surface area contributed by atoms with Gasteiger partial charge >= 0.3 is 0 Å². The van der Waals surface area contributed by atoms with E-state index in [0.717, 1.165) is 38.7 Å². The highest BCUT2D eigenvalue weighted by atomic mass is 16.5. The number of benzene rings is 1. The van der Waals surface area contributed by atoms with E-state index in [1.165, 1.54) is 24.8 Å². The molecular formula is C26H44N2O2. The Morgan fingerprint density at radius 3 is 2.43 bits per heavy atom. The lowest BCUT2D eigenvalue weighted by Gasteiger charge is -2.39. The molecule has 4 nitrogen and oxygen atoms in total. The molecule has 170 valence electrons. The fourth-order valence-corrected chi connectivity index (χ4v) is 5.33. The normalized spacial score (nSPS) is 31.7. The van der Waals surface area contributed by atoms with E-state index in [-0.39, 0.29) is 0 Å². The highest BCUT2D eigenvalue weighted by Gasteiger charge is 2.32. The Morgan fingerprint density at radius 1 is 1.07 bits per heavy atom. The molecule has 1 aromatic rings. The molecule has 0 radical (unpaired) electrons. The average molecular weight is 417 g/mol. The first-order valence-electron chi connectivity index (χ1n) is 12.2. The van der Waals surface area contributed by atoms with Gasteiger partial charge in [-0.05, 0) is 50.0 Å². The zero-order chi connectivity index (χ0) is 21.5. The highest BCUT2D eigenvalue weighted by Crippen LogP contribution is 2.35. The van der Waals surface area contributed by atoms with Crippen molar-refractivity contribution in [1.82, 2.24) is 10.2 Å². The molecule has 6 atom stereocenters. The summed E-state index contributed by atoms with van der Waals surface area (Å²) >= 11 is 0. The van der Waals surface area contributed by atoms with Crippen LogP contribution < -0.4 is 5.32 Å². The van der Waals surface area contributed by atoms with Gasteiger partial charge in [0.05, 0.1) is 24.9 Å². The minimum atomic E-state index is 0.300. The monoisotopic (exact) mass is 416 g/mol. The Morgan fingerprint density at radius 2 is 1.77 bits per heavy atom. The fraction of sp³-hybridized carbons (Fsp3) is 0.769. The molecule has 4 heteroatoms. The molecule has 0 aromatic heterocycles. The van der Waals surface area contributed by atoms with E-state index in [0.29, 0.717) is 36.2 Å². The lowest BCUT2D eigenvalue weighted by molar-refractivity contribution is -0.0788. The SMILES string of the molecule is CC1CN(CC(COC2C[C@H](C)CCC2C(C)C)NCc2ccccc2)CC(C)O1. The molecule has 0 spiro atoms. The third kappa shape index (κ3) is 7.33. The third-order valence-corrected chi connectivity index (χ3v) is 6.88. The lowest BCUT2D eigenvalue weighted by Crippen LogP contribution is -2.52. The molecule has 5 unspecified atom stereocenters. The summed E-state index contributed by atoms with van der Waals surface area (Å²) in [5.74, 6) is 2.17. The molecule has 1 saturated heterocycles. The summed E-state index contributed by atoms with van der Waals surface area (Å²) in [5, 5.41) is 3.80. The maximum Gasteiger partial charge on any atom is 0.0678 e. The summed E-state index contributed by atoms with van der Waals surface area (Å²) in [6.45, 7) is 16.2. The van der Waals surface area contributed by atoms with E-state index in [2.05, 4.69) is 75.2 Å². The van der Waals surface area contributed by atoms with Gasteiger partial charge in [-0.2, -0.15) is 0 Å². The van der Waals surface area contributed by atoms with Crippen LogP contribution in [0, 0.1) is 17.8 Å². The first-order chi connectivity index (χ1) is 14.4. The van der Waals surface area contributed by atoms with Crippen LogP contribution in [-0.4, -0.2) is 55.5 Å². The van der Waals surface area contributed by atoms with Crippen LogP contribution in [-0.2, 0) is 16.0 Å². The average Bonchev–Trinajstić information content (AvgIpc) is 2.70. The van der Waals surface area contributed by atoms with Crippen LogP contribution in [0.25, 0.3) is 0 Å². The molecule has 1 saturated carbocycles. The molecule has 3 rings (SSSR count). The van der Waals surface area contributed by atoms with E-state index < -0.39 is 0 Å². The Labute approximate surface area is 184 Å². The number of hydrogen-bond acceptors (Lipinski definition) is 4. The standard InChI is InChI=1S/C26H44N2O2/c1-19(2)25-12-11-20(3)13-26(25)29-18-24(27-14-23-9-7-6-8-10-23)17-28-15-21(4)30-22(5)16-28/h6-10,19-22,24-27H,11-18H2,1-5H3/t20-,21?,22?,24?,25?,26?/m1/s1. The Kier molecular flexibility index (Phi) is 9.18. The summed E-state index contributed by atoms with van der Waals surface area (Å²) < 4.78 is 12.6. The van der Waals surface area contributed by atoms with E-state index in [1.807, 2.05) is 0 Å². The van der Waals surface area contributed by atoms with Crippen molar-refractivity contribution in [2.24, 2.45) is 17.8 Å². The number of ether oxygens (including phenoxy) is 2. The van der Waals surface area contributed by atoms with Crippen LogP contribution in [0.1, 0.15) is 59.4 Å². The third-order valence-electron chi connectivity index (χ3n) is 6.88. The zero-order valence-corrected chi connectivity index (χ0v) is 19.8. The first kappa shape index (κ1) is 23.7.